The fourth-order valence-corrected chi connectivity index (χ4v) is 1.25. The molecule has 15 heavy (non-hydrogen) atoms. The minimum Gasteiger partial charge on any atom is -0.397 e. The quantitative estimate of drug-likeness (QED) is 0.757. The van der Waals surface area contributed by atoms with E-state index in [9.17, 15) is 4.79 Å². The zero-order chi connectivity index (χ0) is 11.4. The molecular formula is C11H15N3O. The van der Waals surface area contributed by atoms with Gasteiger partial charge >= 0.3 is 0 Å². The number of rotatable bonds is 3. The fraction of sp³-hybridized carbons (Fsp3) is 0.273. The molecule has 1 heterocycles. The van der Waals surface area contributed by atoms with Crippen molar-refractivity contribution in [2.24, 2.45) is 0 Å². The molecular weight excluding hydrogens is 190 g/mol. The van der Waals surface area contributed by atoms with E-state index in [1.165, 1.54) is 0 Å². The fourth-order valence-electron chi connectivity index (χ4n) is 1.25. The highest BCUT2D eigenvalue weighted by atomic mass is 16.2. The molecule has 80 valence electrons. The minimum absolute atomic E-state index is 0.184. The zero-order valence-corrected chi connectivity index (χ0v) is 9.03. The molecule has 0 fully saturated rings. The number of anilines is 1. The maximum Gasteiger partial charge on any atom is 0.274 e. The van der Waals surface area contributed by atoms with Gasteiger partial charge in [0.25, 0.3) is 5.91 Å². The summed E-state index contributed by atoms with van der Waals surface area (Å²) in [6.45, 7) is 6.12. The third-order valence-electron chi connectivity index (χ3n) is 1.90. The van der Waals surface area contributed by atoms with E-state index in [0.29, 0.717) is 17.9 Å². The number of nitrogens with two attached hydrogens (primary N) is 1. The Balaban J connectivity index is 2.85. The average Bonchev–Trinajstić information content (AvgIpc) is 2.16. The maximum atomic E-state index is 11.8. The molecule has 1 aromatic rings. The Morgan fingerprint density at radius 1 is 1.67 bits per heavy atom. The van der Waals surface area contributed by atoms with Crippen molar-refractivity contribution in [3.05, 3.63) is 36.2 Å². The predicted octanol–water partition coefficient (Wildman–Crippen LogP) is 1.31. The van der Waals surface area contributed by atoms with Gasteiger partial charge in [-0.05, 0) is 19.1 Å². The van der Waals surface area contributed by atoms with Gasteiger partial charge in [-0.1, -0.05) is 12.2 Å². The van der Waals surface area contributed by atoms with Gasteiger partial charge in [0.05, 0.1) is 5.69 Å². The van der Waals surface area contributed by atoms with E-state index in [0.717, 1.165) is 5.57 Å². The van der Waals surface area contributed by atoms with Crippen molar-refractivity contribution < 1.29 is 4.79 Å². The first-order chi connectivity index (χ1) is 7.02. The molecule has 0 unspecified atom stereocenters. The number of carbonyl (C=O) groups is 1. The minimum atomic E-state index is -0.184. The van der Waals surface area contributed by atoms with Crippen molar-refractivity contribution in [2.75, 3.05) is 19.3 Å². The molecule has 0 aliphatic carbocycles. The van der Waals surface area contributed by atoms with E-state index in [1.54, 1.807) is 30.3 Å². The van der Waals surface area contributed by atoms with Crippen molar-refractivity contribution in [3.8, 4) is 0 Å². The molecule has 0 saturated heterocycles. The highest BCUT2D eigenvalue weighted by Crippen LogP contribution is 2.10. The van der Waals surface area contributed by atoms with Gasteiger partial charge in [-0.2, -0.15) is 0 Å². The Kier molecular flexibility index (Phi) is 3.44. The van der Waals surface area contributed by atoms with Crippen LogP contribution < -0.4 is 5.73 Å². The van der Waals surface area contributed by atoms with Crippen LogP contribution in [0.2, 0.25) is 0 Å². The summed E-state index contributed by atoms with van der Waals surface area (Å²) >= 11 is 0. The first-order valence-electron chi connectivity index (χ1n) is 4.62. The molecule has 4 heteroatoms. The number of hydrogen-bond acceptors (Lipinski definition) is 3. The Morgan fingerprint density at radius 2 is 2.33 bits per heavy atom. The lowest BCUT2D eigenvalue weighted by Crippen LogP contribution is -2.29. The van der Waals surface area contributed by atoms with Crippen LogP contribution in [0.1, 0.15) is 17.4 Å². The maximum absolute atomic E-state index is 11.8. The summed E-state index contributed by atoms with van der Waals surface area (Å²) in [4.78, 5) is 17.3. The number of nitrogen functional groups attached to an aromatic ring is 1. The molecule has 1 amide bonds. The molecule has 0 atom stereocenters. The van der Waals surface area contributed by atoms with E-state index in [2.05, 4.69) is 11.6 Å². The van der Waals surface area contributed by atoms with E-state index < -0.39 is 0 Å². The van der Waals surface area contributed by atoms with Crippen molar-refractivity contribution >= 4 is 11.6 Å². The van der Waals surface area contributed by atoms with Crippen molar-refractivity contribution in [1.29, 1.82) is 0 Å². The first kappa shape index (κ1) is 11.2. The van der Waals surface area contributed by atoms with Crippen LogP contribution in [0.5, 0.6) is 0 Å². The van der Waals surface area contributed by atoms with Gasteiger partial charge in [0, 0.05) is 19.8 Å². The van der Waals surface area contributed by atoms with E-state index in [1.807, 2.05) is 6.92 Å². The van der Waals surface area contributed by atoms with Crippen LogP contribution in [0, 0.1) is 0 Å². The number of nitrogens with zero attached hydrogens (tertiary/aromatic N) is 2. The van der Waals surface area contributed by atoms with Gasteiger partial charge in [-0.15, -0.1) is 0 Å². The molecule has 1 rings (SSSR count). The zero-order valence-electron chi connectivity index (χ0n) is 9.03. The molecule has 4 nitrogen and oxygen atoms in total. The van der Waals surface area contributed by atoms with Crippen LogP contribution in [0.15, 0.2) is 30.5 Å². The van der Waals surface area contributed by atoms with Crippen LogP contribution in [-0.4, -0.2) is 29.4 Å². The Bertz CT molecular complexity index is 387. The average molecular weight is 205 g/mol. The normalized spacial score (nSPS) is 9.73. The van der Waals surface area contributed by atoms with Crippen LogP contribution in [0.3, 0.4) is 0 Å². The molecule has 0 aromatic carbocycles. The molecule has 0 bridgehead atoms. The predicted molar refractivity (Wildman–Crippen MR) is 60.4 cm³/mol. The van der Waals surface area contributed by atoms with Gasteiger partial charge in [-0.25, -0.2) is 4.98 Å². The summed E-state index contributed by atoms with van der Waals surface area (Å²) < 4.78 is 0. The van der Waals surface area contributed by atoms with Crippen molar-refractivity contribution in [1.82, 2.24) is 9.88 Å². The first-order valence-corrected chi connectivity index (χ1v) is 4.62. The molecule has 1 aromatic heterocycles. The van der Waals surface area contributed by atoms with Crippen molar-refractivity contribution in [3.63, 3.8) is 0 Å². The smallest absolute Gasteiger partial charge is 0.274 e. The third-order valence-corrected chi connectivity index (χ3v) is 1.90. The largest absolute Gasteiger partial charge is 0.397 e. The molecule has 0 radical (unpaired) electrons. The van der Waals surface area contributed by atoms with Gasteiger partial charge in [0.2, 0.25) is 0 Å². The second-order valence-electron chi connectivity index (χ2n) is 3.56. The molecule has 0 aliphatic rings. The summed E-state index contributed by atoms with van der Waals surface area (Å²) in [6, 6.07) is 3.36. The number of carbonyl (C=O) groups excluding carboxylic acids is 1. The Morgan fingerprint density at radius 3 is 2.87 bits per heavy atom. The number of likely N-dealkylation sites (N-methyl/N-ethyl adjacent to an activating group) is 1. The van der Waals surface area contributed by atoms with Crippen molar-refractivity contribution in [2.45, 2.75) is 6.92 Å². The summed E-state index contributed by atoms with van der Waals surface area (Å²) in [6.07, 6.45) is 1.55. The van der Waals surface area contributed by atoms with Crippen LogP contribution in [0.4, 0.5) is 5.69 Å². The second-order valence-corrected chi connectivity index (χ2v) is 3.56. The topological polar surface area (TPSA) is 59.2 Å². The second kappa shape index (κ2) is 4.59. The lowest BCUT2D eigenvalue weighted by molar-refractivity contribution is 0.0802. The summed E-state index contributed by atoms with van der Waals surface area (Å²) in [5, 5.41) is 0. The number of amides is 1. The van der Waals surface area contributed by atoms with E-state index in [4.69, 9.17) is 5.73 Å². The number of aromatic nitrogens is 1. The van der Waals surface area contributed by atoms with Gasteiger partial charge in [0.1, 0.15) is 0 Å². The highest BCUT2D eigenvalue weighted by molar-refractivity contribution is 5.96. The molecule has 2 N–H and O–H groups in total. The summed E-state index contributed by atoms with van der Waals surface area (Å²) in [5.41, 5.74) is 7.27. The van der Waals surface area contributed by atoms with Crippen LogP contribution in [0.25, 0.3) is 0 Å². The van der Waals surface area contributed by atoms with E-state index in [-0.39, 0.29) is 5.91 Å². The highest BCUT2D eigenvalue weighted by Gasteiger charge is 2.15. The summed E-state index contributed by atoms with van der Waals surface area (Å²) in [5.74, 6) is -0.184. The van der Waals surface area contributed by atoms with Gasteiger partial charge in [-0.3, -0.25) is 4.79 Å². The molecule has 0 spiro atoms. The van der Waals surface area contributed by atoms with Gasteiger partial charge in [0.15, 0.2) is 5.69 Å². The van der Waals surface area contributed by atoms with Gasteiger partial charge < -0.3 is 10.6 Å². The molecule has 0 saturated carbocycles. The van der Waals surface area contributed by atoms with Crippen LogP contribution >= 0.6 is 0 Å². The van der Waals surface area contributed by atoms with Crippen LogP contribution in [-0.2, 0) is 0 Å². The Labute approximate surface area is 89.4 Å². The number of pyridine rings is 1. The standard InChI is InChI=1S/C11H15N3O/c1-8(2)7-14(3)11(15)10-9(12)5-4-6-13-10/h4-6H,1,7,12H2,2-3H3. The molecule has 0 aliphatic heterocycles. The third kappa shape index (κ3) is 2.80. The summed E-state index contributed by atoms with van der Waals surface area (Å²) in [7, 11) is 1.70. The monoisotopic (exact) mass is 205 g/mol. The van der Waals surface area contributed by atoms with E-state index >= 15 is 0 Å². The lowest BCUT2D eigenvalue weighted by Gasteiger charge is -2.17. The lowest BCUT2D eigenvalue weighted by atomic mass is 10.2. The Hall–Kier alpha value is -1.84. The number of hydrogen-bond donors (Lipinski definition) is 1. The SMILES string of the molecule is C=C(C)CN(C)C(=O)c1ncccc1N.